The highest BCUT2D eigenvalue weighted by atomic mass is 79.9. The summed E-state index contributed by atoms with van der Waals surface area (Å²) in [6, 6.07) is 11.3. The molecule has 0 saturated carbocycles. The summed E-state index contributed by atoms with van der Waals surface area (Å²) < 4.78 is 30.1. The largest absolute Gasteiger partial charge is 0.417 e. The number of H-pyrrole nitrogens is 1. The van der Waals surface area contributed by atoms with E-state index in [4.69, 9.17) is 4.42 Å². The smallest absolute Gasteiger partial charge is 0.408 e. The van der Waals surface area contributed by atoms with Gasteiger partial charge in [-0.25, -0.2) is 9.63 Å². The van der Waals surface area contributed by atoms with Gasteiger partial charge in [-0.2, -0.15) is 13.5 Å². The van der Waals surface area contributed by atoms with Crippen molar-refractivity contribution in [1.82, 2.24) is 9.82 Å². The molecule has 0 atom stereocenters. The number of nitrogens with one attached hydrogen (secondary N) is 2. The summed E-state index contributed by atoms with van der Waals surface area (Å²) in [5, 5.41) is 3.73. The molecule has 0 unspecified atom stereocenters. The molecular weight excluding hydrogens is 386 g/mol. The number of hydrogen-bond acceptors (Lipinski definition) is 5. The third kappa shape index (κ3) is 3.51. The number of benzene rings is 2. The van der Waals surface area contributed by atoms with E-state index in [1.54, 1.807) is 12.1 Å². The Hall–Kier alpha value is -2.39. The zero-order valence-corrected chi connectivity index (χ0v) is 13.9. The van der Waals surface area contributed by atoms with Crippen molar-refractivity contribution in [3.05, 3.63) is 63.1 Å². The highest BCUT2D eigenvalue weighted by Gasteiger charge is 2.14. The maximum Gasteiger partial charge on any atom is 0.417 e. The van der Waals surface area contributed by atoms with Crippen molar-refractivity contribution < 1.29 is 12.8 Å². The number of nitrogens with zero attached hydrogens (tertiary/aromatic N) is 1. The molecule has 118 valence electrons. The molecule has 0 saturated heterocycles. The molecule has 2 aromatic carbocycles. The molecule has 0 aliphatic heterocycles. The minimum atomic E-state index is -3.85. The van der Waals surface area contributed by atoms with Crippen LogP contribution in [0.5, 0.6) is 0 Å². The lowest BCUT2D eigenvalue weighted by Crippen LogP contribution is -2.18. The fourth-order valence-electron chi connectivity index (χ4n) is 1.86. The first-order valence-corrected chi connectivity index (χ1v) is 8.65. The number of hydrazone groups is 1. The second-order valence-corrected chi connectivity index (χ2v) is 7.15. The molecule has 0 amide bonds. The Balaban J connectivity index is 1.82. The number of hydrogen-bond donors (Lipinski definition) is 2. The molecule has 0 aliphatic rings. The Morgan fingerprint density at radius 1 is 1.17 bits per heavy atom. The van der Waals surface area contributed by atoms with Crippen LogP contribution in [0.4, 0.5) is 0 Å². The van der Waals surface area contributed by atoms with Crippen molar-refractivity contribution >= 4 is 43.3 Å². The summed E-state index contributed by atoms with van der Waals surface area (Å²) >= 11 is 3.31. The highest BCUT2D eigenvalue weighted by Crippen LogP contribution is 2.16. The second-order valence-electron chi connectivity index (χ2n) is 4.58. The van der Waals surface area contributed by atoms with Crippen molar-refractivity contribution in [2.45, 2.75) is 4.90 Å². The van der Waals surface area contributed by atoms with Crippen LogP contribution < -0.4 is 10.6 Å². The molecule has 0 aliphatic carbocycles. The maximum atomic E-state index is 12.2. The number of oxazole rings is 1. The topological polar surface area (TPSA) is 105 Å². The van der Waals surface area contributed by atoms with Gasteiger partial charge in [-0.05, 0) is 29.8 Å². The van der Waals surface area contributed by atoms with E-state index in [0.717, 1.165) is 10.0 Å². The third-order valence-corrected chi connectivity index (χ3v) is 4.71. The summed E-state index contributed by atoms with van der Waals surface area (Å²) in [6.07, 6.45) is 1.39. The van der Waals surface area contributed by atoms with Crippen molar-refractivity contribution in [3.63, 3.8) is 0 Å². The summed E-state index contributed by atoms with van der Waals surface area (Å²) in [4.78, 5) is 15.6. The van der Waals surface area contributed by atoms with Gasteiger partial charge in [0.15, 0.2) is 5.58 Å². The SMILES string of the molecule is O=c1[nH]c2ccc(S(=O)(=O)N/N=C/c3ccc(Br)cc3)cc2o1. The molecule has 1 aromatic heterocycles. The van der Waals surface area contributed by atoms with Crippen molar-refractivity contribution in [2.24, 2.45) is 5.10 Å². The highest BCUT2D eigenvalue weighted by molar-refractivity contribution is 9.10. The van der Waals surface area contributed by atoms with Crippen LogP contribution in [0.1, 0.15) is 5.56 Å². The lowest BCUT2D eigenvalue weighted by atomic mass is 10.2. The van der Waals surface area contributed by atoms with E-state index in [0.29, 0.717) is 5.52 Å². The zero-order chi connectivity index (χ0) is 16.4. The van der Waals surface area contributed by atoms with Crippen LogP contribution in [0.2, 0.25) is 0 Å². The van der Waals surface area contributed by atoms with Crippen molar-refractivity contribution in [2.75, 3.05) is 0 Å². The molecular formula is C14H10BrN3O4S. The molecule has 0 spiro atoms. The van der Waals surface area contributed by atoms with Crippen LogP contribution in [-0.4, -0.2) is 19.6 Å². The number of sulfonamides is 1. The minimum Gasteiger partial charge on any atom is -0.408 e. The molecule has 23 heavy (non-hydrogen) atoms. The van der Waals surface area contributed by atoms with Gasteiger partial charge in [-0.1, -0.05) is 28.1 Å². The number of rotatable bonds is 4. The van der Waals surface area contributed by atoms with Gasteiger partial charge in [0.1, 0.15) is 0 Å². The molecule has 0 radical (unpaired) electrons. The molecule has 2 N–H and O–H groups in total. The van der Waals surface area contributed by atoms with Crippen LogP contribution >= 0.6 is 15.9 Å². The van der Waals surface area contributed by atoms with Crippen LogP contribution in [0, 0.1) is 0 Å². The normalized spacial score (nSPS) is 12.0. The standard InChI is InChI=1S/C14H10BrN3O4S/c15-10-3-1-9(2-4-10)8-16-18-23(20,21)11-5-6-12-13(7-11)22-14(19)17-12/h1-8,18H,(H,17,19)/b16-8+. The predicted molar refractivity (Wildman–Crippen MR) is 88.9 cm³/mol. The maximum absolute atomic E-state index is 12.2. The summed E-state index contributed by atoms with van der Waals surface area (Å²) in [6.45, 7) is 0. The van der Waals surface area contributed by atoms with Crippen molar-refractivity contribution in [1.29, 1.82) is 0 Å². The van der Waals surface area contributed by atoms with E-state index < -0.39 is 15.8 Å². The minimum absolute atomic E-state index is 0.0549. The molecule has 1 heterocycles. The van der Waals surface area contributed by atoms with E-state index in [1.807, 2.05) is 12.1 Å². The Bertz CT molecular complexity index is 1040. The molecule has 9 heteroatoms. The quantitative estimate of drug-likeness (QED) is 0.521. The van der Waals surface area contributed by atoms with Gasteiger partial charge in [0.05, 0.1) is 16.6 Å². The summed E-state index contributed by atoms with van der Waals surface area (Å²) in [7, 11) is -3.85. The predicted octanol–water partition coefficient (Wildman–Crippen LogP) is 2.20. The van der Waals surface area contributed by atoms with Crippen LogP contribution in [0.25, 0.3) is 11.1 Å². The molecule has 0 fully saturated rings. The van der Waals surface area contributed by atoms with Gasteiger partial charge >= 0.3 is 5.76 Å². The van der Waals surface area contributed by atoms with E-state index in [2.05, 4.69) is 30.8 Å². The first-order chi connectivity index (χ1) is 10.9. The van der Waals surface area contributed by atoms with E-state index in [1.165, 1.54) is 24.4 Å². The molecule has 7 nitrogen and oxygen atoms in total. The zero-order valence-electron chi connectivity index (χ0n) is 11.5. The van der Waals surface area contributed by atoms with Gasteiger partial charge in [0.2, 0.25) is 0 Å². The number of fused-ring (bicyclic) bond motifs is 1. The Morgan fingerprint density at radius 2 is 1.91 bits per heavy atom. The second kappa shape index (κ2) is 6.01. The number of aromatic nitrogens is 1. The first kappa shape index (κ1) is 15.5. The Morgan fingerprint density at radius 3 is 2.65 bits per heavy atom. The van der Waals surface area contributed by atoms with Crippen LogP contribution in [-0.2, 0) is 10.0 Å². The molecule has 3 rings (SSSR count). The number of halogens is 1. The summed E-state index contributed by atoms with van der Waals surface area (Å²) in [5.41, 5.74) is 1.32. The van der Waals surface area contributed by atoms with Crippen molar-refractivity contribution in [3.8, 4) is 0 Å². The average Bonchev–Trinajstić information content (AvgIpc) is 2.88. The molecule has 3 aromatic rings. The van der Waals surface area contributed by atoms with E-state index in [-0.39, 0.29) is 10.5 Å². The van der Waals surface area contributed by atoms with Gasteiger partial charge in [-0.15, -0.1) is 0 Å². The van der Waals surface area contributed by atoms with E-state index in [9.17, 15) is 13.2 Å². The Labute approximate surface area is 139 Å². The van der Waals surface area contributed by atoms with Gasteiger partial charge in [0, 0.05) is 10.5 Å². The van der Waals surface area contributed by atoms with E-state index >= 15 is 0 Å². The number of aromatic amines is 1. The fourth-order valence-corrected chi connectivity index (χ4v) is 2.94. The van der Waals surface area contributed by atoms with Gasteiger partial charge in [0.25, 0.3) is 10.0 Å². The van der Waals surface area contributed by atoms with Gasteiger partial charge < -0.3 is 4.42 Å². The lowest BCUT2D eigenvalue weighted by Gasteiger charge is -2.02. The first-order valence-electron chi connectivity index (χ1n) is 6.37. The summed E-state index contributed by atoms with van der Waals surface area (Å²) in [5.74, 6) is -0.643. The molecule has 0 bridgehead atoms. The Kier molecular flexibility index (Phi) is 4.05. The third-order valence-electron chi connectivity index (χ3n) is 2.96. The average molecular weight is 396 g/mol. The van der Waals surface area contributed by atoms with Crippen LogP contribution in [0.15, 0.2) is 66.1 Å². The van der Waals surface area contributed by atoms with Gasteiger partial charge in [-0.3, -0.25) is 4.98 Å². The monoisotopic (exact) mass is 395 g/mol. The lowest BCUT2D eigenvalue weighted by molar-refractivity contribution is 0.553. The van der Waals surface area contributed by atoms with Crippen LogP contribution in [0.3, 0.4) is 0 Å². The fraction of sp³-hybridized carbons (Fsp3) is 0.